The summed E-state index contributed by atoms with van der Waals surface area (Å²) in [5, 5.41) is 2.75. The van der Waals surface area contributed by atoms with Crippen molar-refractivity contribution in [2.45, 2.75) is 4.90 Å². The second kappa shape index (κ2) is 6.97. The summed E-state index contributed by atoms with van der Waals surface area (Å²) in [5.74, 6) is -0.380. The lowest BCUT2D eigenvalue weighted by atomic mass is 10.1. The zero-order valence-corrected chi connectivity index (χ0v) is 14.8. The van der Waals surface area contributed by atoms with Crippen LogP contribution in [0, 0.1) is 0 Å². The number of pyridine rings is 1. The van der Waals surface area contributed by atoms with Gasteiger partial charge in [-0.2, -0.15) is 0 Å². The summed E-state index contributed by atoms with van der Waals surface area (Å²) in [5.41, 5.74) is 8.77. The molecule has 3 N–H and O–H groups in total. The number of nitrogen functional groups attached to an aromatic ring is 1. The van der Waals surface area contributed by atoms with Gasteiger partial charge in [-0.25, -0.2) is 8.42 Å². The van der Waals surface area contributed by atoms with Crippen LogP contribution >= 0.6 is 0 Å². The maximum absolute atomic E-state index is 12.4. The van der Waals surface area contributed by atoms with Crippen LogP contribution in [0.4, 0.5) is 11.4 Å². The Morgan fingerprint density at radius 1 is 1.04 bits per heavy atom. The van der Waals surface area contributed by atoms with Gasteiger partial charge in [-0.3, -0.25) is 9.78 Å². The third kappa shape index (κ3) is 3.89. The molecule has 26 heavy (non-hydrogen) atoms. The van der Waals surface area contributed by atoms with Crippen molar-refractivity contribution in [1.82, 2.24) is 4.98 Å². The summed E-state index contributed by atoms with van der Waals surface area (Å²) in [4.78, 5) is 16.9. The summed E-state index contributed by atoms with van der Waals surface area (Å²) >= 11 is 0. The van der Waals surface area contributed by atoms with E-state index in [1.807, 2.05) is 24.3 Å². The minimum Gasteiger partial charge on any atom is -0.397 e. The summed E-state index contributed by atoms with van der Waals surface area (Å²) in [6.07, 6.45) is 2.80. The van der Waals surface area contributed by atoms with Crippen LogP contribution in [0.5, 0.6) is 0 Å². The van der Waals surface area contributed by atoms with Crippen molar-refractivity contribution in [3.63, 3.8) is 0 Å². The molecule has 3 aromatic rings. The van der Waals surface area contributed by atoms with Gasteiger partial charge in [0.25, 0.3) is 5.91 Å². The largest absolute Gasteiger partial charge is 0.397 e. The Kier molecular flexibility index (Phi) is 4.73. The standard InChI is InChI=1S/C19H17N3O3S/c1-26(24,25)15-8-5-13(6-9-15)19(23)22-18-12-14(7-10-16(18)20)17-4-2-3-11-21-17/h2-12H,20H2,1H3,(H,22,23). The minimum absolute atomic E-state index is 0.158. The zero-order chi connectivity index (χ0) is 18.7. The van der Waals surface area contributed by atoms with Gasteiger partial charge in [-0.1, -0.05) is 12.1 Å². The molecular formula is C19H17N3O3S. The molecule has 2 aromatic carbocycles. The minimum atomic E-state index is -3.31. The van der Waals surface area contributed by atoms with E-state index in [0.29, 0.717) is 16.9 Å². The van der Waals surface area contributed by atoms with Gasteiger partial charge in [0.2, 0.25) is 0 Å². The molecule has 0 spiro atoms. The van der Waals surface area contributed by atoms with E-state index in [1.54, 1.807) is 18.3 Å². The molecule has 3 rings (SSSR count). The van der Waals surface area contributed by atoms with Gasteiger partial charge in [-0.15, -0.1) is 0 Å². The average Bonchev–Trinajstić information content (AvgIpc) is 2.63. The summed E-state index contributed by atoms with van der Waals surface area (Å²) in [6.45, 7) is 0. The van der Waals surface area contributed by atoms with E-state index >= 15 is 0 Å². The van der Waals surface area contributed by atoms with Gasteiger partial charge >= 0.3 is 0 Å². The van der Waals surface area contributed by atoms with Gasteiger partial charge in [0.1, 0.15) is 0 Å². The molecule has 1 heterocycles. The topological polar surface area (TPSA) is 102 Å². The fourth-order valence-electron chi connectivity index (χ4n) is 2.41. The lowest BCUT2D eigenvalue weighted by Crippen LogP contribution is -2.13. The number of anilines is 2. The van der Waals surface area contributed by atoms with E-state index in [4.69, 9.17) is 5.73 Å². The van der Waals surface area contributed by atoms with Gasteiger partial charge in [0.15, 0.2) is 9.84 Å². The van der Waals surface area contributed by atoms with Crippen LogP contribution < -0.4 is 11.1 Å². The molecule has 1 amide bonds. The first-order valence-corrected chi connectivity index (χ1v) is 9.66. The van der Waals surface area contributed by atoms with Gasteiger partial charge < -0.3 is 11.1 Å². The average molecular weight is 367 g/mol. The number of carbonyl (C=O) groups is 1. The summed E-state index contributed by atoms with van der Waals surface area (Å²) in [6, 6.07) is 16.6. The van der Waals surface area contributed by atoms with E-state index < -0.39 is 9.84 Å². The number of benzene rings is 2. The number of nitrogens with zero attached hydrogens (tertiary/aromatic N) is 1. The normalized spacial score (nSPS) is 11.1. The Bertz CT molecular complexity index is 1050. The first-order chi connectivity index (χ1) is 12.3. The highest BCUT2D eigenvalue weighted by Crippen LogP contribution is 2.26. The quantitative estimate of drug-likeness (QED) is 0.690. The fraction of sp³-hybridized carbons (Fsp3) is 0.0526. The zero-order valence-electron chi connectivity index (χ0n) is 14.0. The number of hydrogen-bond donors (Lipinski definition) is 2. The Hall–Kier alpha value is -3.19. The van der Waals surface area contributed by atoms with Crippen LogP contribution in [0.3, 0.4) is 0 Å². The second-order valence-electron chi connectivity index (χ2n) is 5.77. The maximum Gasteiger partial charge on any atom is 0.255 e. The van der Waals surface area contributed by atoms with Crippen LogP contribution in [0.15, 0.2) is 71.8 Å². The molecule has 0 atom stereocenters. The van der Waals surface area contributed by atoms with E-state index in [9.17, 15) is 13.2 Å². The van der Waals surface area contributed by atoms with Crippen molar-refractivity contribution in [2.75, 3.05) is 17.3 Å². The molecule has 0 aliphatic heterocycles. The molecule has 0 saturated heterocycles. The summed E-state index contributed by atoms with van der Waals surface area (Å²) in [7, 11) is -3.31. The number of nitrogens with one attached hydrogen (secondary N) is 1. The Morgan fingerprint density at radius 3 is 2.38 bits per heavy atom. The van der Waals surface area contributed by atoms with Crippen molar-refractivity contribution in [3.05, 3.63) is 72.4 Å². The number of hydrogen-bond acceptors (Lipinski definition) is 5. The van der Waals surface area contributed by atoms with Crippen molar-refractivity contribution < 1.29 is 13.2 Å². The van der Waals surface area contributed by atoms with Crippen LogP contribution in [-0.4, -0.2) is 25.6 Å². The third-order valence-electron chi connectivity index (χ3n) is 3.81. The van der Waals surface area contributed by atoms with Crippen LogP contribution in [0.25, 0.3) is 11.3 Å². The molecular weight excluding hydrogens is 350 g/mol. The number of nitrogens with two attached hydrogens (primary N) is 1. The Morgan fingerprint density at radius 2 is 1.77 bits per heavy atom. The summed E-state index contributed by atoms with van der Waals surface area (Å²) < 4.78 is 23.0. The first-order valence-electron chi connectivity index (χ1n) is 7.77. The molecule has 0 unspecified atom stereocenters. The fourth-order valence-corrected chi connectivity index (χ4v) is 3.04. The highest BCUT2D eigenvalue weighted by atomic mass is 32.2. The second-order valence-corrected chi connectivity index (χ2v) is 7.78. The van der Waals surface area contributed by atoms with Crippen molar-refractivity contribution in [1.29, 1.82) is 0 Å². The smallest absolute Gasteiger partial charge is 0.255 e. The maximum atomic E-state index is 12.4. The van der Waals surface area contributed by atoms with E-state index in [2.05, 4.69) is 10.3 Å². The van der Waals surface area contributed by atoms with Crippen LogP contribution in [-0.2, 0) is 9.84 Å². The lowest BCUT2D eigenvalue weighted by Gasteiger charge is -2.11. The predicted octanol–water partition coefficient (Wildman–Crippen LogP) is 2.99. The van der Waals surface area contributed by atoms with E-state index in [0.717, 1.165) is 17.5 Å². The lowest BCUT2D eigenvalue weighted by molar-refractivity contribution is 0.102. The Labute approximate surface area is 151 Å². The van der Waals surface area contributed by atoms with E-state index in [1.165, 1.54) is 24.3 Å². The van der Waals surface area contributed by atoms with Crippen molar-refractivity contribution in [2.24, 2.45) is 0 Å². The third-order valence-corrected chi connectivity index (χ3v) is 4.94. The van der Waals surface area contributed by atoms with Crippen LogP contribution in [0.1, 0.15) is 10.4 Å². The molecule has 7 heteroatoms. The number of carbonyl (C=O) groups excluding carboxylic acids is 1. The monoisotopic (exact) mass is 367 g/mol. The van der Waals surface area contributed by atoms with E-state index in [-0.39, 0.29) is 10.8 Å². The van der Waals surface area contributed by atoms with Gasteiger partial charge in [0, 0.05) is 23.6 Å². The van der Waals surface area contributed by atoms with Gasteiger partial charge in [-0.05, 0) is 48.5 Å². The number of aromatic nitrogens is 1. The van der Waals surface area contributed by atoms with Crippen molar-refractivity contribution in [3.8, 4) is 11.3 Å². The molecule has 0 aliphatic carbocycles. The highest BCUT2D eigenvalue weighted by Gasteiger charge is 2.12. The molecule has 0 fully saturated rings. The molecule has 0 aliphatic rings. The molecule has 0 saturated carbocycles. The molecule has 6 nitrogen and oxygen atoms in total. The van der Waals surface area contributed by atoms with Crippen LogP contribution in [0.2, 0.25) is 0 Å². The molecule has 1 aromatic heterocycles. The number of rotatable bonds is 4. The predicted molar refractivity (Wildman–Crippen MR) is 102 cm³/mol. The molecule has 132 valence electrons. The Balaban J connectivity index is 1.85. The first kappa shape index (κ1) is 17.6. The highest BCUT2D eigenvalue weighted by molar-refractivity contribution is 7.90. The molecule has 0 radical (unpaired) electrons. The van der Waals surface area contributed by atoms with Crippen molar-refractivity contribution >= 4 is 27.1 Å². The van der Waals surface area contributed by atoms with Gasteiger partial charge in [0.05, 0.1) is 22.0 Å². The SMILES string of the molecule is CS(=O)(=O)c1ccc(C(=O)Nc2cc(-c3ccccn3)ccc2N)cc1. The molecule has 0 bridgehead atoms. The number of sulfone groups is 1. The number of amides is 1.